The molecule has 5 heteroatoms. The van der Waals surface area contributed by atoms with Gasteiger partial charge in [0, 0.05) is 31.8 Å². The van der Waals surface area contributed by atoms with Crippen molar-refractivity contribution in [1.29, 1.82) is 0 Å². The molecule has 1 unspecified atom stereocenters. The SMILES string of the molecule is CCOc1ccc(CN2CC(Cl)CC2=O)cn1. The van der Waals surface area contributed by atoms with Crippen LogP contribution in [0.4, 0.5) is 0 Å². The van der Waals surface area contributed by atoms with Crippen molar-refractivity contribution in [3.05, 3.63) is 23.9 Å². The molecular formula is C12H15ClN2O2. The maximum Gasteiger partial charge on any atom is 0.224 e. The molecule has 1 aromatic heterocycles. The number of halogens is 1. The molecule has 1 aliphatic rings. The van der Waals surface area contributed by atoms with Gasteiger partial charge in [-0.05, 0) is 12.5 Å². The molecule has 1 saturated heterocycles. The van der Waals surface area contributed by atoms with E-state index in [9.17, 15) is 4.79 Å². The van der Waals surface area contributed by atoms with Gasteiger partial charge in [0.15, 0.2) is 0 Å². The van der Waals surface area contributed by atoms with Gasteiger partial charge in [-0.15, -0.1) is 11.6 Å². The number of alkyl halides is 1. The Hall–Kier alpha value is -1.29. The molecule has 0 aliphatic carbocycles. The van der Waals surface area contributed by atoms with Crippen LogP contribution < -0.4 is 4.74 Å². The van der Waals surface area contributed by atoms with Crippen LogP contribution >= 0.6 is 11.6 Å². The van der Waals surface area contributed by atoms with E-state index >= 15 is 0 Å². The Morgan fingerprint density at radius 1 is 1.59 bits per heavy atom. The first kappa shape index (κ1) is 12.2. The maximum atomic E-state index is 11.6. The van der Waals surface area contributed by atoms with E-state index in [1.54, 1.807) is 11.1 Å². The van der Waals surface area contributed by atoms with Crippen molar-refractivity contribution in [2.75, 3.05) is 13.2 Å². The lowest BCUT2D eigenvalue weighted by Gasteiger charge is -2.15. The van der Waals surface area contributed by atoms with Crippen molar-refractivity contribution in [2.24, 2.45) is 0 Å². The summed E-state index contributed by atoms with van der Waals surface area (Å²) in [6.45, 7) is 3.71. The van der Waals surface area contributed by atoms with Crippen LogP contribution in [0.1, 0.15) is 18.9 Å². The van der Waals surface area contributed by atoms with Gasteiger partial charge in [0.2, 0.25) is 11.8 Å². The van der Waals surface area contributed by atoms with Gasteiger partial charge in [-0.2, -0.15) is 0 Å². The number of carbonyl (C=O) groups excluding carboxylic acids is 1. The molecule has 1 atom stereocenters. The second kappa shape index (κ2) is 5.36. The summed E-state index contributed by atoms with van der Waals surface area (Å²) in [6.07, 6.45) is 2.17. The minimum Gasteiger partial charge on any atom is -0.478 e. The van der Waals surface area contributed by atoms with Gasteiger partial charge in [0.05, 0.1) is 12.0 Å². The molecule has 92 valence electrons. The zero-order valence-corrected chi connectivity index (χ0v) is 10.5. The van der Waals surface area contributed by atoms with Crippen molar-refractivity contribution < 1.29 is 9.53 Å². The summed E-state index contributed by atoms with van der Waals surface area (Å²) >= 11 is 5.94. The van der Waals surface area contributed by atoms with E-state index in [2.05, 4.69) is 4.98 Å². The van der Waals surface area contributed by atoms with Crippen LogP contribution in [0.5, 0.6) is 5.88 Å². The molecule has 0 radical (unpaired) electrons. The third kappa shape index (κ3) is 3.09. The Morgan fingerprint density at radius 3 is 2.94 bits per heavy atom. The van der Waals surface area contributed by atoms with Gasteiger partial charge >= 0.3 is 0 Å². The fourth-order valence-electron chi connectivity index (χ4n) is 1.83. The van der Waals surface area contributed by atoms with Crippen LogP contribution in [0.15, 0.2) is 18.3 Å². The number of amides is 1. The highest BCUT2D eigenvalue weighted by Gasteiger charge is 2.27. The van der Waals surface area contributed by atoms with E-state index in [0.29, 0.717) is 32.0 Å². The number of hydrogen-bond acceptors (Lipinski definition) is 3. The van der Waals surface area contributed by atoms with E-state index in [1.807, 2.05) is 19.1 Å². The standard InChI is InChI=1S/C12H15ClN2O2/c1-2-17-11-4-3-9(6-14-11)7-15-8-10(13)5-12(15)16/h3-4,6,10H,2,5,7-8H2,1H3. The van der Waals surface area contributed by atoms with Crippen molar-refractivity contribution >= 4 is 17.5 Å². The van der Waals surface area contributed by atoms with Gasteiger partial charge in [-0.3, -0.25) is 4.79 Å². The van der Waals surface area contributed by atoms with Crippen LogP contribution in [0.3, 0.4) is 0 Å². The Morgan fingerprint density at radius 2 is 2.41 bits per heavy atom. The summed E-state index contributed by atoms with van der Waals surface area (Å²) < 4.78 is 5.26. The summed E-state index contributed by atoms with van der Waals surface area (Å²) in [7, 11) is 0. The first-order valence-electron chi connectivity index (χ1n) is 5.68. The second-order valence-electron chi connectivity index (χ2n) is 4.01. The molecule has 0 N–H and O–H groups in total. The average Bonchev–Trinajstić information content (AvgIpc) is 2.61. The lowest BCUT2D eigenvalue weighted by Crippen LogP contribution is -2.24. The molecule has 0 spiro atoms. The molecule has 0 bridgehead atoms. The summed E-state index contributed by atoms with van der Waals surface area (Å²) in [5.74, 6) is 0.720. The lowest BCUT2D eigenvalue weighted by atomic mass is 10.2. The third-order valence-electron chi connectivity index (χ3n) is 2.63. The minimum absolute atomic E-state index is 0.0573. The lowest BCUT2D eigenvalue weighted by molar-refractivity contribution is -0.128. The van der Waals surface area contributed by atoms with Crippen LogP contribution in [0.25, 0.3) is 0 Å². The second-order valence-corrected chi connectivity index (χ2v) is 4.63. The van der Waals surface area contributed by atoms with Crippen LogP contribution in [0, 0.1) is 0 Å². The zero-order chi connectivity index (χ0) is 12.3. The highest BCUT2D eigenvalue weighted by atomic mass is 35.5. The summed E-state index contributed by atoms with van der Waals surface area (Å²) in [6, 6.07) is 3.74. The van der Waals surface area contributed by atoms with Gasteiger partial charge in [0.25, 0.3) is 0 Å². The molecule has 1 aromatic rings. The Balaban J connectivity index is 1.97. The number of rotatable bonds is 4. The number of carbonyl (C=O) groups is 1. The summed E-state index contributed by atoms with van der Waals surface area (Å²) in [5.41, 5.74) is 0.993. The molecule has 0 saturated carbocycles. The maximum absolute atomic E-state index is 11.6. The molecule has 2 rings (SSSR count). The molecule has 2 heterocycles. The fourth-order valence-corrected chi connectivity index (χ4v) is 2.13. The first-order valence-corrected chi connectivity index (χ1v) is 6.12. The predicted molar refractivity (Wildman–Crippen MR) is 65.1 cm³/mol. The number of hydrogen-bond donors (Lipinski definition) is 0. The smallest absolute Gasteiger partial charge is 0.224 e. The number of aromatic nitrogens is 1. The molecule has 1 amide bonds. The van der Waals surface area contributed by atoms with Crippen molar-refractivity contribution in [3.63, 3.8) is 0 Å². The topological polar surface area (TPSA) is 42.4 Å². The van der Waals surface area contributed by atoms with E-state index < -0.39 is 0 Å². The van der Waals surface area contributed by atoms with Crippen LogP contribution in [-0.2, 0) is 11.3 Å². The number of pyridine rings is 1. The predicted octanol–water partition coefficient (Wildman–Crippen LogP) is 1.82. The molecule has 1 fully saturated rings. The van der Waals surface area contributed by atoms with E-state index in [1.165, 1.54) is 0 Å². The Bertz CT molecular complexity index is 394. The monoisotopic (exact) mass is 254 g/mol. The largest absolute Gasteiger partial charge is 0.478 e. The molecule has 0 aromatic carbocycles. The van der Waals surface area contributed by atoms with E-state index in [4.69, 9.17) is 16.3 Å². The fraction of sp³-hybridized carbons (Fsp3) is 0.500. The molecule has 1 aliphatic heterocycles. The molecule has 17 heavy (non-hydrogen) atoms. The van der Waals surface area contributed by atoms with Crippen molar-refractivity contribution in [2.45, 2.75) is 25.3 Å². The van der Waals surface area contributed by atoms with Gasteiger partial charge in [0.1, 0.15) is 0 Å². The highest BCUT2D eigenvalue weighted by molar-refractivity contribution is 6.22. The summed E-state index contributed by atoms with van der Waals surface area (Å²) in [4.78, 5) is 17.5. The highest BCUT2D eigenvalue weighted by Crippen LogP contribution is 2.19. The first-order chi connectivity index (χ1) is 8.19. The quantitative estimate of drug-likeness (QED) is 0.770. The van der Waals surface area contributed by atoms with E-state index in [-0.39, 0.29) is 11.3 Å². The van der Waals surface area contributed by atoms with Crippen molar-refractivity contribution in [1.82, 2.24) is 9.88 Å². The third-order valence-corrected chi connectivity index (χ3v) is 2.92. The van der Waals surface area contributed by atoms with Crippen molar-refractivity contribution in [3.8, 4) is 5.88 Å². The van der Waals surface area contributed by atoms with Gasteiger partial charge in [-0.1, -0.05) is 6.07 Å². The number of nitrogens with zero attached hydrogens (tertiary/aromatic N) is 2. The van der Waals surface area contributed by atoms with Crippen LogP contribution in [0.2, 0.25) is 0 Å². The molecule has 4 nitrogen and oxygen atoms in total. The normalized spacial score (nSPS) is 19.8. The average molecular weight is 255 g/mol. The number of likely N-dealkylation sites (tertiary alicyclic amines) is 1. The summed E-state index contributed by atoms with van der Waals surface area (Å²) in [5, 5.41) is -0.0573. The minimum atomic E-state index is -0.0573. The van der Waals surface area contributed by atoms with Gasteiger partial charge < -0.3 is 9.64 Å². The molecular weight excluding hydrogens is 240 g/mol. The Kier molecular flexibility index (Phi) is 3.84. The Labute approximate surface area is 106 Å². The van der Waals surface area contributed by atoms with E-state index in [0.717, 1.165) is 5.56 Å². The van der Waals surface area contributed by atoms with Gasteiger partial charge in [-0.25, -0.2) is 4.98 Å². The number of ether oxygens (including phenoxy) is 1. The van der Waals surface area contributed by atoms with Crippen LogP contribution in [-0.4, -0.2) is 34.3 Å². The zero-order valence-electron chi connectivity index (χ0n) is 9.73.